The summed E-state index contributed by atoms with van der Waals surface area (Å²) in [6.45, 7) is 0.465. The van der Waals surface area contributed by atoms with Gasteiger partial charge in [0.1, 0.15) is 5.82 Å². The van der Waals surface area contributed by atoms with Gasteiger partial charge in [0.2, 0.25) is 5.95 Å². The summed E-state index contributed by atoms with van der Waals surface area (Å²) in [7, 11) is 4.57. The molecule has 3 aromatic rings. The van der Waals surface area contributed by atoms with Crippen LogP contribution in [0.15, 0.2) is 42.6 Å². The molecule has 0 unspecified atom stereocenters. The number of benzene rings is 2. The molecule has 3 rings (SSSR count). The highest BCUT2D eigenvalue weighted by Gasteiger charge is 2.16. The Morgan fingerprint density at radius 2 is 1.91 bits per heavy atom. The monoisotopic (exact) mass is 437 g/mol. The van der Waals surface area contributed by atoms with Crippen molar-refractivity contribution in [3.8, 4) is 22.6 Å². The van der Waals surface area contributed by atoms with Crippen LogP contribution < -0.4 is 26.3 Å². The van der Waals surface area contributed by atoms with Crippen molar-refractivity contribution in [2.75, 3.05) is 44.7 Å². The van der Waals surface area contributed by atoms with E-state index >= 15 is 0 Å². The summed E-state index contributed by atoms with van der Waals surface area (Å²) in [5.74, 6) is 1.42. The number of carbonyl (C=O) groups is 1. The first-order chi connectivity index (χ1) is 15.4. The Balaban J connectivity index is 1.95. The Morgan fingerprint density at radius 1 is 1.09 bits per heavy atom. The fourth-order valence-electron chi connectivity index (χ4n) is 3.34. The first kappa shape index (κ1) is 22.7. The molecule has 0 amide bonds. The van der Waals surface area contributed by atoms with Crippen LogP contribution in [0.5, 0.6) is 11.5 Å². The highest BCUT2D eigenvalue weighted by Crippen LogP contribution is 2.40. The second kappa shape index (κ2) is 10.3. The molecular weight excluding hydrogens is 410 g/mol. The highest BCUT2D eigenvalue weighted by molar-refractivity contribution is 5.77. The predicted molar refractivity (Wildman–Crippen MR) is 124 cm³/mol. The van der Waals surface area contributed by atoms with Crippen LogP contribution >= 0.6 is 0 Å². The largest absolute Gasteiger partial charge is 0.493 e. The van der Waals surface area contributed by atoms with Gasteiger partial charge in [0.15, 0.2) is 11.5 Å². The maximum absolute atomic E-state index is 11.4. The smallest absolute Gasteiger partial charge is 0.307 e. The summed E-state index contributed by atoms with van der Waals surface area (Å²) in [5, 5.41) is 3.24. The second-order valence-corrected chi connectivity index (χ2v) is 7.03. The van der Waals surface area contributed by atoms with E-state index in [9.17, 15) is 4.79 Å². The summed E-state index contributed by atoms with van der Waals surface area (Å²) in [6, 6.07) is 11.7. The molecule has 1 heterocycles. The molecule has 0 spiro atoms. The lowest BCUT2D eigenvalue weighted by Gasteiger charge is -2.17. The van der Waals surface area contributed by atoms with E-state index in [0.29, 0.717) is 30.3 Å². The lowest BCUT2D eigenvalue weighted by Crippen LogP contribution is -2.09. The fraction of sp³-hybridized carbons (Fsp3) is 0.261. The number of aromatic nitrogens is 2. The Labute approximate surface area is 186 Å². The topological polar surface area (TPSA) is 135 Å². The zero-order valence-corrected chi connectivity index (χ0v) is 18.3. The minimum absolute atomic E-state index is 0.135. The van der Waals surface area contributed by atoms with Crippen molar-refractivity contribution < 1.29 is 19.0 Å². The summed E-state index contributed by atoms with van der Waals surface area (Å²) in [4.78, 5) is 19.4. The van der Waals surface area contributed by atoms with Crippen molar-refractivity contribution in [3.05, 3.63) is 53.7 Å². The van der Waals surface area contributed by atoms with Crippen molar-refractivity contribution in [1.29, 1.82) is 0 Å². The summed E-state index contributed by atoms with van der Waals surface area (Å²) < 4.78 is 15.9. The van der Waals surface area contributed by atoms with E-state index in [4.69, 9.17) is 20.9 Å². The number of nitrogen functional groups attached to an aromatic ring is 2. The number of anilines is 3. The van der Waals surface area contributed by atoms with E-state index < -0.39 is 0 Å². The Morgan fingerprint density at radius 3 is 2.59 bits per heavy atom. The standard InChI is InChI=1S/C23H27N5O4/c1-30-19-11-14(9-16-13-27-23(25)28-22(16)24)10-18(21(19)32-3)15-5-4-6-17(12-15)26-8-7-20(29)31-2/h4-6,10-13,26H,7-9H2,1-3H3,(H4,24,25,27,28). The van der Waals surface area contributed by atoms with E-state index in [-0.39, 0.29) is 18.3 Å². The predicted octanol–water partition coefficient (Wildman–Crippen LogP) is 2.89. The second-order valence-electron chi connectivity index (χ2n) is 7.03. The molecule has 1 aromatic heterocycles. The molecule has 5 N–H and O–H groups in total. The lowest BCUT2D eigenvalue weighted by atomic mass is 9.97. The van der Waals surface area contributed by atoms with Crippen molar-refractivity contribution in [1.82, 2.24) is 9.97 Å². The maximum Gasteiger partial charge on any atom is 0.307 e. The van der Waals surface area contributed by atoms with Crippen LogP contribution in [-0.2, 0) is 16.0 Å². The summed E-state index contributed by atoms with van der Waals surface area (Å²) in [6.07, 6.45) is 2.40. The van der Waals surface area contributed by atoms with Crippen LogP contribution in [-0.4, -0.2) is 43.8 Å². The third-order valence-corrected chi connectivity index (χ3v) is 4.91. The zero-order valence-electron chi connectivity index (χ0n) is 18.3. The first-order valence-electron chi connectivity index (χ1n) is 9.98. The third-order valence-electron chi connectivity index (χ3n) is 4.91. The average Bonchev–Trinajstić information content (AvgIpc) is 2.80. The molecule has 0 radical (unpaired) electrons. The number of esters is 1. The van der Waals surface area contributed by atoms with Crippen LogP contribution in [0.2, 0.25) is 0 Å². The van der Waals surface area contributed by atoms with Gasteiger partial charge in [0.05, 0.1) is 27.8 Å². The number of hydrogen-bond acceptors (Lipinski definition) is 9. The fourth-order valence-corrected chi connectivity index (χ4v) is 3.34. The molecule has 0 saturated carbocycles. The number of nitrogens with one attached hydrogen (secondary N) is 1. The van der Waals surface area contributed by atoms with Crippen LogP contribution in [0, 0.1) is 0 Å². The molecule has 168 valence electrons. The van der Waals surface area contributed by atoms with E-state index in [2.05, 4.69) is 20.0 Å². The highest BCUT2D eigenvalue weighted by atomic mass is 16.5. The number of ether oxygens (including phenoxy) is 3. The van der Waals surface area contributed by atoms with Gasteiger partial charge in [-0.1, -0.05) is 12.1 Å². The molecule has 0 fully saturated rings. The molecule has 0 aliphatic rings. The van der Waals surface area contributed by atoms with Gasteiger partial charge in [-0.3, -0.25) is 4.79 Å². The number of nitrogens with two attached hydrogens (primary N) is 2. The van der Waals surface area contributed by atoms with Gasteiger partial charge in [-0.2, -0.15) is 4.98 Å². The van der Waals surface area contributed by atoms with Gasteiger partial charge in [-0.25, -0.2) is 4.98 Å². The Hall–Kier alpha value is -4.01. The molecule has 0 atom stereocenters. The quantitative estimate of drug-likeness (QED) is 0.432. The minimum atomic E-state index is -0.265. The molecule has 32 heavy (non-hydrogen) atoms. The SMILES string of the molecule is COC(=O)CCNc1cccc(-c2cc(Cc3cnc(N)nc3N)cc(OC)c2OC)c1. The van der Waals surface area contributed by atoms with Gasteiger partial charge in [-0.05, 0) is 35.4 Å². The summed E-state index contributed by atoms with van der Waals surface area (Å²) in [5.41, 5.74) is 16.0. The molecule has 0 aliphatic heterocycles. The van der Waals surface area contributed by atoms with Gasteiger partial charge >= 0.3 is 5.97 Å². The van der Waals surface area contributed by atoms with Crippen molar-refractivity contribution in [2.45, 2.75) is 12.8 Å². The maximum atomic E-state index is 11.4. The molecule has 0 bridgehead atoms. The van der Waals surface area contributed by atoms with Crippen LogP contribution in [0.4, 0.5) is 17.5 Å². The number of methoxy groups -OCH3 is 3. The van der Waals surface area contributed by atoms with E-state index in [1.165, 1.54) is 7.11 Å². The van der Waals surface area contributed by atoms with Crippen molar-refractivity contribution in [2.24, 2.45) is 0 Å². The Kier molecular flexibility index (Phi) is 7.33. The number of rotatable bonds is 9. The third kappa shape index (κ3) is 5.37. The number of carbonyl (C=O) groups excluding carboxylic acids is 1. The number of hydrogen-bond donors (Lipinski definition) is 3. The van der Waals surface area contributed by atoms with E-state index in [1.807, 2.05) is 36.4 Å². The first-order valence-corrected chi connectivity index (χ1v) is 9.98. The Bertz CT molecular complexity index is 1100. The molecule has 9 heteroatoms. The lowest BCUT2D eigenvalue weighted by molar-refractivity contribution is -0.140. The van der Waals surface area contributed by atoms with Crippen molar-refractivity contribution in [3.63, 3.8) is 0 Å². The zero-order chi connectivity index (χ0) is 23.1. The minimum Gasteiger partial charge on any atom is -0.493 e. The normalized spacial score (nSPS) is 10.5. The molecule has 0 aliphatic carbocycles. The van der Waals surface area contributed by atoms with Crippen LogP contribution in [0.3, 0.4) is 0 Å². The number of nitrogens with zero attached hydrogens (tertiary/aromatic N) is 2. The van der Waals surface area contributed by atoms with Gasteiger partial charge in [0, 0.05) is 36.0 Å². The average molecular weight is 438 g/mol. The molecule has 2 aromatic carbocycles. The van der Waals surface area contributed by atoms with Crippen LogP contribution in [0.25, 0.3) is 11.1 Å². The van der Waals surface area contributed by atoms with Gasteiger partial charge in [0.25, 0.3) is 0 Å². The van der Waals surface area contributed by atoms with Crippen LogP contribution in [0.1, 0.15) is 17.5 Å². The van der Waals surface area contributed by atoms with Gasteiger partial charge in [-0.15, -0.1) is 0 Å². The molecule has 9 nitrogen and oxygen atoms in total. The van der Waals surface area contributed by atoms with Gasteiger partial charge < -0.3 is 31.0 Å². The molecular formula is C23H27N5O4. The summed E-state index contributed by atoms with van der Waals surface area (Å²) >= 11 is 0. The van der Waals surface area contributed by atoms with E-state index in [0.717, 1.165) is 27.9 Å². The van der Waals surface area contributed by atoms with Crippen molar-refractivity contribution >= 4 is 23.4 Å². The molecule has 0 saturated heterocycles. The van der Waals surface area contributed by atoms with E-state index in [1.54, 1.807) is 20.4 Å².